The fraction of sp³-hybridized carbons (Fsp3) is 0.333. The molecule has 0 fully saturated rings. The monoisotopic (exact) mass is 275 g/mol. The molecular weight excluding hydrogens is 257 g/mol. The highest BCUT2D eigenvalue weighted by Crippen LogP contribution is 2.27. The highest BCUT2D eigenvalue weighted by atomic mass is 19.1. The maximum atomic E-state index is 13.3. The minimum absolute atomic E-state index is 0.246. The third-order valence-corrected chi connectivity index (χ3v) is 2.76. The Labute approximate surface area is 117 Å². The summed E-state index contributed by atoms with van der Waals surface area (Å²) in [5, 5.41) is 0. The van der Waals surface area contributed by atoms with Gasteiger partial charge in [0.25, 0.3) is 0 Å². The summed E-state index contributed by atoms with van der Waals surface area (Å²) >= 11 is 0. The minimum Gasteiger partial charge on any atom is -0.438 e. The van der Waals surface area contributed by atoms with Crippen molar-refractivity contribution in [3.8, 4) is 11.6 Å². The van der Waals surface area contributed by atoms with Crippen molar-refractivity contribution >= 4 is 5.82 Å². The molecule has 0 amide bonds. The molecular formula is C15H18FN3O. The first-order chi connectivity index (χ1) is 9.25. The molecule has 1 aromatic heterocycles. The molecule has 0 spiro atoms. The quantitative estimate of drug-likeness (QED) is 0.909. The zero-order valence-electron chi connectivity index (χ0n) is 12.1. The Kier molecular flexibility index (Phi) is 3.61. The number of nitrogen functional groups attached to an aromatic ring is 1. The van der Waals surface area contributed by atoms with Crippen LogP contribution >= 0.6 is 0 Å². The van der Waals surface area contributed by atoms with E-state index >= 15 is 0 Å². The molecule has 0 aliphatic heterocycles. The van der Waals surface area contributed by atoms with Gasteiger partial charge in [0.2, 0.25) is 5.88 Å². The van der Waals surface area contributed by atoms with Crippen molar-refractivity contribution in [3.63, 3.8) is 0 Å². The molecule has 1 heterocycles. The summed E-state index contributed by atoms with van der Waals surface area (Å²) in [5.74, 6) is 1.29. The van der Waals surface area contributed by atoms with Crippen LogP contribution in [0.15, 0.2) is 24.3 Å². The predicted molar refractivity (Wildman–Crippen MR) is 76.4 cm³/mol. The first kappa shape index (κ1) is 14.2. The summed E-state index contributed by atoms with van der Waals surface area (Å²) in [6, 6.07) is 5.89. The van der Waals surface area contributed by atoms with Crippen molar-refractivity contribution in [2.75, 3.05) is 5.73 Å². The van der Waals surface area contributed by atoms with Gasteiger partial charge in [0, 0.05) is 17.5 Å². The number of nitrogens with zero attached hydrogens (tertiary/aromatic N) is 2. The van der Waals surface area contributed by atoms with Crippen LogP contribution in [0.2, 0.25) is 0 Å². The normalized spacial score (nSPS) is 11.4. The van der Waals surface area contributed by atoms with Crippen LogP contribution in [0.25, 0.3) is 0 Å². The van der Waals surface area contributed by atoms with Crippen LogP contribution in [0.4, 0.5) is 10.2 Å². The van der Waals surface area contributed by atoms with Gasteiger partial charge in [0.05, 0.1) is 0 Å². The molecule has 0 saturated carbocycles. The number of aromatic nitrogens is 2. The van der Waals surface area contributed by atoms with Gasteiger partial charge in [-0.25, -0.2) is 9.37 Å². The van der Waals surface area contributed by atoms with Crippen molar-refractivity contribution in [3.05, 3.63) is 41.5 Å². The fourth-order valence-corrected chi connectivity index (χ4v) is 1.63. The van der Waals surface area contributed by atoms with Crippen LogP contribution in [0.3, 0.4) is 0 Å². The van der Waals surface area contributed by atoms with Gasteiger partial charge in [-0.05, 0) is 18.6 Å². The van der Waals surface area contributed by atoms with Gasteiger partial charge in [0.15, 0.2) is 0 Å². The molecule has 0 bridgehead atoms. The molecule has 0 unspecified atom stereocenters. The zero-order valence-corrected chi connectivity index (χ0v) is 12.1. The molecule has 0 saturated heterocycles. The van der Waals surface area contributed by atoms with E-state index in [1.807, 2.05) is 27.7 Å². The first-order valence-corrected chi connectivity index (χ1v) is 6.35. The van der Waals surface area contributed by atoms with Crippen LogP contribution in [-0.2, 0) is 5.41 Å². The van der Waals surface area contributed by atoms with E-state index in [-0.39, 0.29) is 11.2 Å². The number of nitrogens with two attached hydrogens (primary N) is 1. The van der Waals surface area contributed by atoms with E-state index in [0.29, 0.717) is 23.3 Å². The van der Waals surface area contributed by atoms with E-state index in [0.717, 1.165) is 5.56 Å². The second-order valence-electron chi connectivity index (χ2n) is 5.72. The Hall–Kier alpha value is -2.17. The molecule has 1 aromatic carbocycles. The number of anilines is 1. The molecule has 106 valence electrons. The van der Waals surface area contributed by atoms with Crippen LogP contribution in [-0.4, -0.2) is 9.97 Å². The third kappa shape index (κ3) is 3.23. The lowest BCUT2D eigenvalue weighted by Gasteiger charge is -2.18. The fourth-order valence-electron chi connectivity index (χ4n) is 1.63. The summed E-state index contributed by atoms with van der Waals surface area (Å²) in [7, 11) is 0. The SMILES string of the molecule is Cc1ccc(F)cc1Oc1cc(N)nc(C(C)(C)C)n1. The molecule has 2 N–H and O–H groups in total. The van der Waals surface area contributed by atoms with Gasteiger partial charge in [-0.15, -0.1) is 0 Å². The summed E-state index contributed by atoms with van der Waals surface area (Å²) < 4.78 is 18.9. The molecule has 20 heavy (non-hydrogen) atoms. The van der Waals surface area contributed by atoms with E-state index in [1.165, 1.54) is 18.2 Å². The van der Waals surface area contributed by atoms with Gasteiger partial charge in [-0.3, -0.25) is 0 Å². The molecule has 0 radical (unpaired) electrons. The van der Waals surface area contributed by atoms with Crippen molar-refractivity contribution in [1.82, 2.24) is 9.97 Å². The van der Waals surface area contributed by atoms with Gasteiger partial charge >= 0.3 is 0 Å². The number of hydrogen-bond acceptors (Lipinski definition) is 4. The second kappa shape index (κ2) is 5.07. The lowest BCUT2D eigenvalue weighted by molar-refractivity contribution is 0.440. The summed E-state index contributed by atoms with van der Waals surface area (Å²) in [5.41, 5.74) is 6.35. The summed E-state index contributed by atoms with van der Waals surface area (Å²) in [4.78, 5) is 8.53. The lowest BCUT2D eigenvalue weighted by Crippen LogP contribution is -2.17. The number of ether oxygens (including phenoxy) is 1. The van der Waals surface area contributed by atoms with Gasteiger partial charge in [0.1, 0.15) is 23.2 Å². The Bertz CT molecular complexity index is 636. The molecule has 4 nitrogen and oxygen atoms in total. The number of halogens is 1. The maximum Gasteiger partial charge on any atom is 0.224 e. The summed E-state index contributed by atoms with van der Waals surface area (Å²) in [6.45, 7) is 7.79. The molecule has 0 aliphatic carbocycles. The Balaban J connectivity index is 2.39. The van der Waals surface area contributed by atoms with Crippen molar-refractivity contribution in [2.24, 2.45) is 0 Å². The number of benzene rings is 1. The van der Waals surface area contributed by atoms with Gasteiger partial charge in [-0.2, -0.15) is 4.98 Å². The van der Waals surface area contributed by atoms with E-state index in [1.54, 1.807) is 6.07 Å². The number of aryl methyl sites for hydroxylation is 1. The van der Waals surface area contributed by atoms with Gasteiger partial charge < -0.3 is 10.5 Å². The topological polar surface area (TPSA) is 61.0 Å². The average Bonchev–Trinajstić information content (AvgIpc) is 2.32. The van der Waals surface area contributed by atoms with E-state index in [4.69, 9.17) is 10.5 Å². The average molecular weight is 275 g/mol. The lowest BCUT2D eigenvalue weighted by atomic mass is 9.96. The van der Waals surface area contributed by atoms with Crippen molar-refractivity contribution in [1.29, 1.82) is 0 Å². The highest BCUT2D eigenvalue weighted by Gasteiger charge is 2.19. The number of rotatable bonds is 2. The Morgan fingerprint density at radius 3 is 2.50 bits per heavy atom. The standard InChI is InChI=1S/C15H18FN3O/c1-9-5-6-10(16)7-11(9)20-13-8-12(17)18-14(19-13)15(2,3)4/h5-8H,1-4H3,(H2,17,18,19). The maximum absolute atomic E-state index is 13.3. The molecule has 0 aliphatic rings. The van der Waals surface area contributed by atoms with Crippen molar-refractivity contribution < 1.29 is 9.13 Å². The Morgan fingerprint density at radius 1 is 1.15 bits per heavy atom. The largest absolute Gasteiger partial charge is 0.438 e. The minimum atomic E-state index is -0.358. The van der Waals surface area contributed by atoms with Crippen LogP contribution in [0.1, 0.15) is 32.2 Å². The Morgan fingerprint density at radius 2 is 1.85 bits per heavy atom. The van der Waals surface area contributed by atoms with Crippen LogP contribution < -0.4 is 10.5 Å². The highest BCUT2D eigenvalue weighted by molar-refractivity contribution is 5.39. The van der Waals surface area contributed by atoms with E-state index in [2.05, 4.69) is 9.97 Å². The zero-order chi connectivity index (χ0) is 14.9. The van der Waals surface area contributed by atoms with Crippen LogP contribution in [0, 0.1) is 12.7 Å². The molecule has 2 rings (SSSR count). The summed E-state index contributed by atoms with van der Waals surface area (Å²) in [6.07, 6.45) is 0. The smallest absolute Gasteiger partial charge is 0.224 e. The molecule has 2 aromatic rings. The van der Waals surface area contributed by atoms with E-state index in [9.17, 15) is 4.39 Å². The van der Waals surface area contributed by atoms with Gasteiger partial charge in [-0.1, -0.05) is 26.8 Å². The first-order valence-electron chi connectivity index (χ1n) is 6.35. The molecule has 0 atom stereocenters. The third-order valence-electron chi connectivity index (χ3n) is 2.76. The van der Waals surface area contributed by atoms with E-state index < -0.39 is 0 Å². The second-order valence-corrected chi connectivity index (χ2v) is 5.72. The van der Waals surface area contributed by atoms with Crippen LogP contribution in [0.5, 0.6) is 11.6 Å². The number of hydrogen-bond donors (Lipinski definition) is 1. The molecule has 5 heteroatoms. The predicted octanol–water partition coefficient (Wildman–Crippen LogP) is 3.60. The van der Waals surface area contributed by atoms with Crippen molar-refractivity contribution in [2.45, 2.75) is 33.1 Å².